The second kappa shape index (κ2) is 10.6. The summed E-state index contributed by atoms with van der Waals surface area (Å²) in [6, 6.07) is 14.6. The van der Waals surface area contributed by atoms with Crippen molar-refractivity contribution >= 4 is 18.2 Å². The van der Waals surface area contributed by atoms with Gasteiger partial charge in [0, 0.05) is 12.0 Å². The van der Waals surface area contributed by atoms with Crippen molar-refractivity contribution in [3.8, 4) is 11.1 Å². The maximum Gasteiger partial charge on any atom is 0.407 e. The maximum absolute atomic E-state index is 12.4. The smallest absolute Gasteiger partial charge is 0.407 e. The molecule has 0 unspecified atom stereocenters. The average molecular weight is 497 g/mol. The van der Waals surface area contributed by atoms with Crippen molar-refractivity contribution in [2.75, 3.05) is 13.2 Å². The van der Waals surface area contributed by atoms with Crippen molar-refractivity contribution in [2.45, 2.75) is 63.3 Å². The predicted molar refractivity (Wildman–Crippen MR) is 132 cm³/mol. The molecule has 0 spiro atoms. The molecule has 2 aromatic rings. The topological polar surface area (TPSA) is 123 Å². The molecule has 0 aromatic heterocycles. The summed E-state index contributed by atoms with van der Waals surface area (Å²) in [5, 5.41) is 14.7. The Labute approximate surface area is 210 Å². The molecule has 2 aromatic carbocycles. The fraction of sp³-hybridized carbons (Fsp3) is 0.444. The number of carbonyl (C=O) groups is 3. The molecular formula is C27H32N2O7. The monoisotopic (exact) mass is 496 g/mol. The Morgan fingerprint density at radius 1 is 0.972 bits per heavy atom. The van der Waals surface area contributed by atoms with Gasteiger partial charge in [-0.3, -0.25) is 0 Å². The number of hydrogen-bond acceptors (Lipinski definition) is 6. The number of hydrogen-bond donors (Lipinski definition) is 3. The number of carbonyl (C=O) groups excluding carboxylic acids is 2. The van der Waals surface area contributed by atoms with Gasteiger partial charge in [-0.2, -0.15) is 0 Å². The Morgan fingerprint density at radius 3 is 2.11 bits per heavy atom. The van der Waals surface area contributed by atoms with E-state index in [1.54, 1.807) is 20.8 Å². The number of benzene rings is 2. The van der Waals surface area contributed by atoms with Crippen LogP contribution in [0.3, 0.4) is 0 Å². The van der Waals surface area contributed by atoms with E-state index in [1.807, 2.05) is 48.5 Å². The van der Waals surface area contributed by atoms with Crippen LogP contribution >= 0.6 is 0 Å². The second-order valence-electron chi connectivity index (χ2n) is 10.1. The molecule has 1 atom stereocenters. The minimum atomic E-state index is -1.25. The molecule has 0 bridgehead atoms. The molecule has 1 fully saturated rings. The molecule has 2 aliphatic carbocycles. The highest BCUT2D eigenvalue weighted by atomic mass is 16.6. The molecule has 0 radical (unpaired) electrons. The normalized spacial score (nSPS) is 19.3. The van der Waals surface area contributed by atoms with Gasteiger partial charge in [0.25, 0.3) is 0 Å². The molecule has 2 amide bonds. The van der Waals surface area contributed by atoms with Gasteiger partial charge in [0.2, 0.25) is 0 Å². The molecule has 1 saturated carbocycles. The standard InChI is InChI=1S/C27H32N2O7/c1-27(2,3)36-26(33)28-16-12-17(13-16)34-15-23(24(30)31)29-25(32)35-14-22-20-10-6-4-8-18(20)19-9-5-7-11-21(19)22/h4-11,16-17,22-23H,12-15H2,1-3H3,(H,28,33)(H,29,32)(H,30,31)/t16?,17?,23-/m1/s1. The highest BCUT2D eigenvalue weighted by Gasteiger charge is 2.34. The van der Waals surface area contributed by atoms with E-state index in [2.05, 4.69) is 10.6 Å². The van der Waals surface area contributed by atoms with Crippen molar-refractivity contribution in [3.63, 3.8) is 0 Å². The lowest BCUT2D eigenvalue weighted by molar-refractivity contribution is -0.142. The van der Waals surface area contributed by atoms with E-state index in [-0.39, 0.29) is 31.3 Å². The minimum Gasteiger partial charge on any atom is -0.480 e. The number of amides is 2. The SMILES string of the molecule is CC(C)(C)OC(=O)NC1CC(OC[C@@H](NC(=O)OCC2c3ccccc3-c3ccccc32)C(=O)O)C1. The third-order valence-corrected chi connectivity index (χ3v) is 6.25. The minimum absolute atomic E-state index is 0.0910. The summed E-state index contributed by atoms with van der Waals surface area (Å²) in [6.45, 7) is 5.25. The highest BCUT2D eigenvalue weighted by molar-refractivity contribution is 5.81. The van der Waals surface area contributed by atoms with Gasteiger partial charge in [-0.25, -0.2) is 14.4 Å². The Balaban J connectivity index is 1.23. The Morgan fingerprint density at radius 2 is 1.56 bits per heavy atom. The number of aliphatic carboxylic acids is 1. The van der Waals surface area contributed by atoms with E-state index in [0.717, 1.165) is 22.3 Å². The van der Waals surface area contributed by atoms with E-state index in [4.69, 9.17) is 14.2 Å². The van der Waals surface area contributed by atoms with Crippen molar-refractivity contribution in [3.05, 3.63) is 59.7 Å². The zero-order valence-electron chi connectivity index (χ0n) is 20.7. The van der Waals surface area contributed by atoms with Crippen LogP contribution in [0, 0.1) is 0 Å². The summed E-state index contributed by atoms with van der Waals surface area (Å²) in [5.41, 5.74) is 3.79. The number of alkyl carbamates (subject to hydrolysis) is 2. The van der Waals surface area contributed by atoms with Crippen LogP contribution in [-0.4, -0.2) is 60.3 Å². The molecule has 3 N–H and O–H groups in total. The molecule has 192 valence electrons. The van der Waals surface area contributed by atoms with Gasteiger partial charge in [0.05, 0.1) is 12.7 Å². The van der Waals surface area contributed by atoms with Crippen LogP contribution in [0.4, 0.5) is 9.59 Å². The van der Waals surface area contributed by atoms with Gasteiger partial charge in [-0.15, -0.1) is 0 Å². The largest absolute Gasteiger partial charge is 0.480 e. The Hall–Kier alpha value is -3.59. The van der Waals surface area contributed by atoms with E-state index >= 15 is 0 Å². The first kappa shape index (κ1) is 25.5. The third kappa shape index (κ3) is 6.15. The summed E-state index contributed by atoms with van der Waals surface area (Å²) in [5.74, 6) is -1.33. The molecule has 4 rings (SSSR count). The second-order valence-corrected chi connectivity index (χ2v) is 10.1. The van der Waals surface area contributed by atoms with Crippen LogP contribution < -0.4 is 10.6 Å². The van der Waals surface area contributed by atoms with E-state index in [9.17, 15) is 19.5 Å². The fourth-order valence-electron chi connectivity index (χ4n) is 4.48. The highest BCUT2D eigenvalue weighted by Crippen LogP contribution is 2.44. The van der Waals surface area contributed by atoms with Crippen molar-refractivity contribution in [1.82, 2.24) is 10.6 Å². The molecular weight excluding hydrogens is 464 g/mol. The lowest BCUT2D eigenvalue weighted by Gasteiger charge is -2.36. The number of rotatable bonds is 8. The first-order chi connectivity index (χ1) is 17.1. The van der Waals surface area contributed by atoms with Crippen molar-refractivity contribution < 1.29 is 33.7 Å². The quantitative estimate of drug-likeness (QED) is 0.504. The summed E-state index contributed by atoms with van der Waals surface area (Å²) in [4.78, 5) is 35.9. The van der Waals surface area contributed by atoms with Gasteiger partial charge in [-0.1, -0.05) is 48.5 Å². The van der Waals surface area contributed by atoms with Gasteiger partial charge in [0.1, 0.15) is 12.2 Å². The van der Waals surface area contributed by atoms with Crippen molar-refractivity contribution in [1.29, 1.82) is 0 Å². The number of ether oxygens (including phenoxy) is 3. The van der Waals surface area contributed by atoms with Crippen LogP contribution in [0.5, 0.6) is 0 Å². The zero-order valence-corrected chi connectivity index (χ0v) is 20.7. The van der Waals surface area contributed by atoms with E-state index < -0.39 is 29.8 Å². The van der Waals surface area contributed by atoms with Crippen LogP contribution in [0.1, 0.15) is 50.7 Å². The third-order valence-electron chi connectivity index (χ3n) is 6.25. The molecule has 9 nitrogen and oxygen atoms in total. The molecule has 2 aliphatic rings. The first-order valence-corrected chi connectivity index (χ1v) is 12.1. The maximum atomic E-state index is 12.4. The van der Waals surface area contributed by atoms with Crippen LogP contribution in [0.25, 0.3) is 11.1 Å². The summed E-state index contributed by atoms with van der Waals surface area (Å²) < 4.78 is 16.3. The van der Waals surface area contributed by atoms with Crippen molar-refractivity contribution in [2.24, 2.45) is 0 Å². The zero-order chi connectivity index (χ0) is 25.9. The molecule has 9 heteroatoms. The predicted octanol–water partition coefficient (Wildman–Crippen LogP) is 4.05. The van der Waals surface area contributed by atoms with Gasteiger partial charge in [-0.05, 0) is 55.9 Å². The summed E-state index contributed by atoms with van der Waals surface area (Å²) >= 11 is 0. The molecule has 36 heavy (non-hydrogen) atoms. The Bertz CT molecular complexity index is 1080. The number of fused-ring (bicyclic) bond motifs is 3. The summed E-state index contributed by atoms with van der Waals surface area (Å²) in [6.07, 6.45) is -0.444. The molecule has 0 saturated heterocycles. The lowest BCUT2D eigenvalue weighted by Crippen LogP contribution is -2.51. The average Bonchev–Trinajstić information content (AvgIpc) is 3.10. The molecule has 0 heterocycles. The van der Waals surface area contributed by atoms with E-state index in [0.29, 0.717) is 12.8 Å². The first-order valence-electron chi connectivity index (χ1n) is 12.1. The van der Waals surface area contributed by atoms with Gasteiger partial charge >= 0.3 is 18.2 Å². The lowest BCUT2D eigenvalue weighted by atomic mass is 9.89. The Kier molecular flexibility index (Phi) is 7.49. The number of carboxylic acids is 1. The van der Waals surface area contributed by atoms with Gasteiger partial charge in [0.15, 0.2) is 6.04 Å². The van der Waals surface area contributed by atoms with Gasteiger partial charge < -0.3 is 30.0 Å². The number of nitrogens with one attached hydrogen (secondary N) is 2. The van der Waals surface area contributed by atoms with Crippen LogP contribution in [-0.2, 0) is 19.0 Å². The molecule has 0 aliphatic heterocycles. The number of carboxylic acid groups (broad SMARTS) is 1. The van der Waals surface area contributed by atoms with E-state index in [1.165, 1.54) is 0 Å². The fourth-order valence-corrected chi connectivity index (χ4v) is 4.48. The summed E-state index contributed by atoms with van der Waals surface area (Å²) in [7, 11) is 0. The van der Waals surface area contributed by atoms with Crippen LogP contribution in [0.2, 0.25) is 0 Å². The van der Waals surface area contributed by atoms with Crippen LogP contribution in [0.15, 0.2) is 48.5 Å².